The molecular formula is C11H9FOS. The van der Waals surface area contributed by atoms with Crippen molar-refractivity contribution in [2.45, 2.75) is 6.92 Å². The molecule has 0 N–H and O–H groups in total. The minimum absolute atomic E-state index is 0.282. The van der Waals surface area contributed by atoms with Gasteiger partial charge < -0.3 is 4.74 Å². The van der Waals surface area contributed by atoms with Gasteiger partial charge >= 0.3 is 0 Å². The Morgan fingerprint density at radius 1 is 1.21 bits per heavy atom. The van der Waals surface area contributed by atoms with Crippen LogP contribution < -0.4 is 4.74 Å². The first-order valence-corrected chi connectivity index (χ1v) is 5.05. The summed E-state index contributed by atoms with van der Waals surface area (Å²) in [4.78, 5) is 1.18. The molecule has 1 aromatic heterocycles. The highest BCUT2D eigenvalue weighted by molar-refractivity contribution is 7.13. The Bertz CT molecular complexity index is 436. The number of thiophene rings is 1. The number of rotatable bonds is 2. The van der Waals surface area contributed by atoms with Crippen molar-refractivity contribution in [2.24, 2.45) is 0 Å². The van der Waals surface area contributed by atoms with Crippen molar-refractivity contribution >= 4 is 11.3 Å². The molecule has 72 valence electrons. The van der Waals surface area contributed by atoms with Crippen LogP contribution in [-0.2, 0) is 0 Å². The molecule has 0 atom stereocenters. The molecule has 1 aromatic carbocycles. The second-order valence-corrected chi connectivity index (χ2v) is 4.17. The Labute approximate surface area is 85.8 Å². The van der Waals surface area contributed by atoms with E-state index in [2.05, 4.69) is 0 Å². The Hall–Kier alpha value is -1.35. The molecule has 0 saturated carbocycles. The fraction of sp³-hybridized carbons (Fsp3) is 0.0909. The van der Waals surface area contributed by atoms with E-state index in [0.717, 1.165) is 5.06 Å². The molecule has 0 fully saturated rings. The van der Waals surface area contributed by atoms with Gasteiger partial charge in [-0.15, -0.1) is 11.3 Å². The van der Waals surface area contributed by atoms with Gasteiger partial charge in [-0.1, -0.05) is 6.07 Å². The van der Waals surface area contributed by atoms with E-state index in [9.17, 15) is 4.39 Å². The van der Waals surface area contributed by atoms with E-state index in [1.165, 1.54) is 17.0 Å². The lowest BCUT2D eigenvalue weighted by Gasteiger charge is -2.01. The monoisotopic (exact) mass is 208 g/mol. The number of ether oxygens (including phenoxy) is 1. The predicted molar refractivity (Wildman–Crippen MR) is 55.5 cm³/mol. The van der Waals surface area contributed by atoms with Gasteiger partial charge in [0.1, 0.15) is 11.6 Å². The first-order valence-electron chi connectivity index (χ1n) is 4.24. The van der Waals surface area contributed by atoms with Crippen LogP contribution in [0.15, 0.2) is 36.4 Å². The normalized spacial score (nSPS) is 10.1. The Morgan fingerprint density at radius 3 is 2.71 bits per heavy atom. The minimum atomic E-state index is -0.282. The lowest BCUT2D eigenvalue weighted by Crippen LogP contribution is -1.81. The van der Waals surface area contributed by atoms with Crippen molar-refractivity contribution in [1.82, 2.24) is 0 Å². The number of halogens is 1. The molecule has 2 rings (SSSR count). The number of hydrogen-bond donors (Lipinski definition) is 0. The molecule has 0 unspecified atom stereocenters. The maximum Gasteiger partial charge on any atom is 0.181 e. The van der Waals surface area contributed by atoms with E-state index in [1.54, 1.807) is 23.5 Å². The van der Waals surface area contributed by atoms with Gasteiger partial charge in [0.2, 0.25) is 0 Å². The lowest BCUT2D eigenvalue weighted by molar-refractivity contribution is 0.490. The summed E-state index contributed by atoms with van der Waals surface area (Å²) >= 11 is 1.54. The summed E-state index contributed by atoms with van der Waals surface area (Å²) in [5.74, 6) is 0.252. The van der Waals surface area contributed by atoms with Crippen LogP contribution in [0, 0.1) is 12.7 Å². The quantitative estimate of drug-likeness (QED) is 0.725. The van der Waals surface area contributed by atoms with Gasteiger partial charge in [0.05, 0.1) is 0 Å². The summed E-state index contributed by atoms with van der Waals surface area (Å²) in [5.41, 5.74) is 0. The molecule has 0 aliphatic carbocycles. The zero-order valence-electron chi connectivity index (χ0n) is 7.66. The molecule has 0 saturated heterocycles. The van der Waals surface area contributed by atoms with Gasteiger partial charge in [-0.05, 0) is 31.2 Å². The molecule has 1 nitrogen and oxygen atoms in total. The first kappa shape index (κ1) is 9.21. The largest absolute Gasteiger partial charge is 0.447 e. The van der Waals surface area contributed by atoms with Gasteiger partial charge in [0, 0.05) is 10.9 Å². The number of benzene rings is 1. The highest BCUT2D eigenvalue weighted by atomic mass is 32.1. The summed E-state index contributed by atoms with van der Waals surface area (Å²) in [6.07, 6.45) is 0. The summed E-state index contributed by atoms with van der Waals surface area (Å²) in [7, 11) is 0. The Kier molecular flexibility index (Phi) is 2.50. The van der Waals surface area contributed by atoms with Crippen molar-refractivity contribution in [3.8, 4) is 10.8 Å². The highest BCUT2D eigenvalue weighted by Gasteiger charge is 2.00. The van der Waals surface area contributed by atoms with Gasteiger partial charge in [-0.25, -0.2) is 4.39 Å². The lowest BCUT2D eigenvalue weighted by atomic mass is 10.3. The zero-order chi connectivity index (χ0) is 9.97. The number of hydrogen-bond acceptors (Lipinski definition) is 2. The third-order valence-electron chi connectivity index (χ3n) is 1.73. The average molecular weight is 208 g/mol. The first-order chi connectivity index (χ1) is 6.74. The van der Waals surface area contributed by atoms with Crippen molar-refractivity contribution in [2.75, 3.05) is 0 Å². The minimum Gasteiger partial charge on any atom is -0.447 e. The zero-order valence-corrected chi connectivity index (χ0v) is 8.48. The van der Waals surface area contributed by atoms with Crippen molar-refractivity contribution in [1.29, 1.82) is 0 Å². The van der Waals surface area contributed by atoms with Crippen LogP contribution in [0.1, 0.15) is 4.88 Å². The smallest absolute Gasteiger partial charge is 0.181 e. The van der Waals surface area contributed by atoms with Gasteiger partial charge in [-0.2, -0.15) is 0 Å². The highest BCUT2D eigenvalue weighted by Crippen LogP contribution is 2.28. The van der Waals surface area contributed by atoms with Gasteiger partial charge in [0.25, 0.3) is 0 Å². The van der Waals surface area contributed by atoms with E-state index >= 15 is 0 Å². The topological polar surface area (TPSA) is 9.23 Å². The second-order valence-electron chi connectivity index (χ2n) is 2.92. The van der Waals surface area contributed by atoms with Crippen LogP contribution in [0.2, 0.25) is 0 Å². The van der Waals surface area contributed by atoms with Crippen LogP contribution in [0.4, 0.5) is 4.39 Å². The van der Waals surface area contributed by atoms with E-state index in [-0.39, 0.29) is 5.82 Å². The summed E-state index contributed by atoms with van der Waals surface area (Å²) in [5, 5.41) is 0.785. The molecule has 1 heterocycles. The van der Waals surface area contributed by atoms with Crippen LogP contribution >= 0.6 is 11.3 Å². The van der Waals surface area contributed by atoms with Gasteiger partial charge in [0.15, 0.2) is 5.06 Å². The second kappa shape index (κ2) is 3.80. The molecule has 0 radical (unpaired) electrons. The number of aryl methyl sites for hydroxylation is 1. The molecule has 2 aromatic rings. The fourth-order valence-corrected chi connectivity index (χ4v) is 1.84. The summed E-state index contributed by atoms with van der Waals surface area (Å²) < 4.78 is 18.3. The Balaban J connectivity index is 2.18. The SMILES string of the molecule is Cc1ccc(Oc2cccc(F)c2)s1. The molecule has 3 heteroatoms. The maximum absolute atomic E-state index is 12.8. The van der Waals surface area contributed by atoms with E-state index in [1.807, 2.05) is 19.1 Å². The van der Waals surface area contributed by atoms with Crippen LogP contribution in [0.5, 0.6) is 10.8 Å². The molecule has 0 aliphatic heterocycles. The standard InChI is InChI=1S/C11H9FOS/c1-8-5-6-11(14-8)13-10-4-2-3-9(12)7-10/h2-7H,1H3. The fourth-order valence-electron chi connectivity index (χ4n) is 1.11. The third-order valence-corrected chi connectivity index (χ3v) is 2.61. The van der Waals surface area contributed by atoms with E-state index in [4.69, 9.17) is 4.74 Å². The summed E-state index contributed by atoms with van der Waals surface area (Å²) in [6.45, 7) is 2.00. The molecular weight excluding hydrogens is 199 g/mol. The van der Waals surface area contributed by atoms with Crippen molar-refractivity contribution in [3.05, 3.63) is 47.1 Å². The average Bonchev–Trinajstić information content (AvgIpc) is 2.51. The summed E-state index contributed by atoms with van der Waals surface area (Å²) in [6, 6.07) is 9.98. The van der Waals surface area contributed by atoms with E-state index in [0.29, 0.717) is 5.75 Å². The van der Waals surface area contributed by atoms with Crippen LogP contribution in [-0.4, -0.2) is 0 Å². The van der Waals surface area contributed by atoms with Gasteiger partial charge in [-0.3, -0.25) is 0 Å². The van der Waals surface area contributed by atoms with E-state index < -0.39 is 0 Å². The molecule has 0 bridgehead atoms. The predicted octanol–water partition coefficient (Wildman–Crippen LogP) is 3.99. The van der Waals surface area contributed by atoms with Crippen LogP contribution in [0.3, 0.4) is 0 Å². The van der Waals surface area contributed by atoms with Crippen molar-refractivity contribution < 1.29 is 9.13 Å². The molecule has 0 aliphatic rings. The Morgan fingerprint density at radius 2 is 2.07 bits per heavy atom. The van der Waals surface area contributed by atoms with Crippen molar-refractivity contribution in [3.63, 3.8) is 0 Å². The maximum atomic E-state index is 12.8. The van der Waals surface area contributed by atoms with Crippen LogP contribution in [0.25, 0.3) is 0 Å². The third kappa shape index (κ3) is 2.12. The molecule has 14 heavy (non-hydrogen) atoms. The molecule has 0 spiro atoms. The molecule has 0 amide bonds.